The van der Waals surface area contributed by atoms with E-state index in [0.29, 0.717) is 48.0 Å². The summed E-state index contributed by atoms with van der Waals surface area (Å²) < 4.78 is 58.0. The van der Waals surface area contributed by atoms with Gasteiger partial charge in [0, 0.05) is 61.0 Å². The normalized spacial score (nSPS) is 26.7. The van der Waals surface area contributed by atoms with Crippen LogP contribution in [0.5, 0.6) is 6.01 Å². The predicted molar refractivity (Wildman–Crippen MR) is 155 cm³/mol. The Kier molecular flexibility index (Phi) is 6.21. The Morgan fingerprint density at radius 3 is 2.74 bits per heavy atom. The minimum atomic E-state index is -0.904. The van der Waals surface area contributed by atoms with E-state index in [2.05, 4.69) is 30.7 Å². The van der Waals surface area contributed by atoms with Gasteiger partial charge in [0.1, 0.15) is 35.6 Å². The van der Waals surface area contributed by atoms with Crippen LogP contribution in [0.1, 0.15) is 37.7 Å². The molecule has 4 aliphatic heterocycles. The molecule has 4 fully saturated rings. The van der Waals surface area contributed by atoms with Crippen molar-refractivity contribution in [3.63, 3.8) is 0 Å². The molecular weight excluding hydrogens is 557 g/mol. The molecule has 0 spiro atoms. The van der Waals surface area contributed by atoms with Gasteiger partial charge in [0.05, 0.1) is 28.7 Å². The molecule has 4 aromatic rings. The maximum Gasteiger partial charge on any atom is 0.319 e. The average molecular weight is 587 g/mol. The number of terminal acetylenes is 1. The van der Waals surface area contributed by atoms with Crippen molar-refractivity contribution in [1.29, 1.82) is 0 Å². The highest BCUT2D eigenvalue weighted by Crippen LogP contribution is 2.41. The van der Waals surface area contributed by atoms with Crippen LogP contribution in [-0.4, -0.2) is 81.5 Å². The number of rotatable bonds is 5. The van der Waals surface area contributed by atoms with Crippen LogP contribution in [0.15, 0.2) is 30.7 Å². The first kappa shape index (κ1) is 26.6. The second-order valence-electron chi connectivity index (χ2n) is 12.1. The molecule has 4 aliphatic rings. The van der Waals surface area contributed by atoms with Crippen molar-refractivity contribution in [2.75, 3.05) is 37.7 Å². The van der Waals surface area contributed by atoms with Crippen LogP contribution in [0.3, 0.4) is 0 Å². The Morgan fingerprint density at radius 2 is 1.93 bits per heavy atom. The van der Waals surface area contributed by atoms with Crippen LogP contribution in [0.25, 0.3) is 32.9 Å². The SMILES string of the molecule is C#Cc1c(F)ccc2cncc(-c3ncc4c(N5C[C@H]6CC[C@@H](C5)O6)nc(OC[C@@]56CCCN5C[C@H](F)C6)nc4c3F)c12. The second kappa shape index (κ2) is 10.0. The average Bonchev–Trinajstić information content (AvgIpc) is 3.66. The van der Waals surface area contributed by atoms with Gasteiger partial charge < -0.3 is 14.4 Å². The van der Waals surface area contributed by atoms with E-state index >= 15 is 4.39 Å². The lowest BCUT2D eigenvalue weighted by molar-refractivity contribution is 0.0302. The first-order chi connectivity index (χ1) is 20.9. The van der Waals surface area contributed by atoms with Crippen LogP contribution in [0.2, 0.25) is 0 Å². The van der Waals surface area contributed by atoms with Gasteiger partial charge in [-0.2, -0.15) is 9.97 Å². The molecule has 0 radical (unpaired) electrons. The first-order valence-electron chi connectivity index (χ1n) is 14.7. The molecule has 8 nitrogen and oxygen atoms in total. The summed E-state index contributed by atoms with van der Waals surface area (Å²) >= 11 is 0. The fraction of sp³-hybridized carbons (Fsp3) is 0.438. The highest BCUT2D eigenvalue weighted by Gasteiger charge is 2.49. The lowest BCUT2D eigenvalue weighted by Gasteiger charge is -2.34. The van der Waals surface area contributed by atoms with Gasteiger partial charge in [-0.25, -0.2) is 13.2 Å². The van der Waals surface area contributed by atoms with Gasteiger partial charge in [0.25, 0.3) is 0 Å². The van der Waals surface area contributed by atoms with E-state index in [-0.39, 0.29) is 47.2 Å². The molecule has 7 heterocycles. The third-order valence-electron chi connectivity index (χ3n) is 9.49. The minimum Gasteiger partial charge on any atom is -0.461 e. The van der Waals surface area contributed by atoms with Crippen LogP contribution in [-0.2, 0) is 4.74 Å². The number of anilines is 1. The number of ether oxygens (including phenoxy) is 2. The molecule has 0 N–H and O–H groups in total. The standard InChI is InChI=1S/C32H29F3N6O2/c1-2-22-25(34)7-4-18-11-36-12-23(26(18)22)28-27(35)29-24(13-37-28)30(40-15-20-5-6-21(16-40)43-20)39-31(38-29)42-17-32-8-3-9-41(32)14-19(33)10-32/h1,4,7,11-13,19-21H,3,5-6,8-10,14-17H2/t19-,20-,21+,32+/m1/s1. The predicted octanol–water partition coefficient (Wildman–Crippen LogP) is 4.82. The molecule has 43 heavy (non-hydrogen) atoms. The lowest BCUT2D eigenvalue weighted by atomic mass is 9.95. The summed E-state index contributed by atoms with van der Waals surface area (Å²) in [5, 5.41) is 1.34. The molecular formula is C32H29F3N6O2. The Bertz CT molecular complexity index is 1800. The molecule has 0 aliphatic carbocycles. The lowest BCUT2D eigenvalue weighted by Crippen LogP contribution is -2.44. The summed E-state index contributed by atoms with van der Waals surface area (Å²) in [6, 6.07) is 2.84. The molecule has 8 rings (SSSR count). The van der Waals surface area contributed by atoms with Gasteiger partial charge in [0.2, 0.25) is 0 Å². The number of alkyl halides is 1. The third kappa shape index (κ3) is 4.30. The van der Waals surface area contributed by atoms with Gasteiger partial charge in [0.15, 0.2) is 5.82 Å². The number of hydrogen-bond acceptors (Lipinski definition) is 8. The Morgan fingerprint density at radius 1 is 1.09 bits per heavy atom. The van der Waals surface area contributed by atoms with Gasteiger partial charge in [-0.15, -0.1) is 6.42 Å². The number of nitrogens with zero attached hydrogens (tertiary/aromatic N) is 6. The molecule has 0 amide bonds. The number of fused-ring (bicyclic) bond motifs is 5. The van der Waals surface area contributed by atoms with E-state index in [4.69, 9.17) is 20.9 Å². The zero-order valence-electron chi connectivity index (χ0n) is 23.4. The monoisotopic (exact) mass is 586 g/mol. The van der Waals surface area contributed by atoms with Gasteiger partial charge >= 0.3 is 6.01 Å². The highest BCUT2D eigenvalue weighted by molar-refractivity contribution is 6.01. The summed E-state index contributed by atoms with van der Waals surface area (Å²) in [7, 11) is 0. The third-order valence-corrected chi connectivity index (χ3v) is 9.49. The number of aromatic nitrogens is 4. The maximum atomic E-state index is 16.6. The highest BCUT2D eigenvalue weighted by atomic mass is 19.1. The van der Waals surface area contributed by atoms with Crippen LogP contribution < -0.4 is 9.64 Å². The van der Waals surface area contributed by atoms with Crippen molar-refractivity contribution in [3.8, 4) is 29.6 Å². The zero-order chi connectivity index (χ0) is 29.3. The Labute approximate surface area is 246 Å². The Hall–Kier alpha value is -4.01. The van der Waals surface area contributed by atoms with Crippen LogP contribution >= 0.6 is 0 Å². The number of benzene rings is 1. The molecule has 0 saturated carbocycles. The summed E-state index contributed by atoms with van der Waals surface area (Å²) in [5.41, 5.74) is -0.174. The number of hydrogen-bond donors (Lipinski definition) is 0. The number of morpholine rings is 1. The topological polar surface area (TPSA) is 76.5 Å². The summed E-state index contributed by atoms with van der Waals surface area (Å²) in [6.07, 6.45) is 13.5. The molecule has 2 bridgehead atoms. The van der Waals surface area contributed by atoms with Crippen molar-refractivity contribution in [1.82, 2.24) is 24.8 Å². The molecule has 220 valence electrons. The summed E-state index contributed by atoms with van der Waals surface area (Å²) in [5.74, 6) is 1.61. The molecule has 0 unspecified atom stereocenters. The van der Waals surface area contributed by atoms with Crippen molar-refractivity contribution in [2.24, 2.45) is 0 Å². The number of pyridine rings is 2. The molecule has 3 aromatic heterocycles. The largest absolute Gasteiger partial charge is 0.461 e. The van der Waals surface area contributed by atoms with E-state index in [1.165, 1.54) is 12.3 Å². The minimum absolute atomic E-state index is 0.00972. The van der Waals surface area contributed by atoms with Crippen molar-refractivity contribution in [2.45, 2.75) is 56.0 Å². The summed E-state index contributed by atoms with van der Waals surface area (Å²) in [4.78, 5) is 22.3. The van der Waals surface area contributed by atoms with E-state index < -0.39 is 23.3 Å². The first-order valence-corrected chi connectivity index (χ1v) is 14.7. The van der Waals surface area contributed by atoms with Crippen LogP contribution in [0, 0.1) is 24.0 Å². The summed E-state index contributed by atoms with van der Waals surface area (Å²) in [6.45, 7) is 2.64. The van der Waals surface area contributed by atoms with E-state index in [9.17, 15) is 8.78 Å². The quantitative estimate of drug-likeness (QED) is 0.308. The van der Waals surface area contributed by atoms with Crippen molar-refractivity contribution in [3.05, 3.63) is 47.9 Å². The molecule has 1 aromatic carbocycles. The van der Waals surface area contributed by atoms with Gasteiger partial charge in [-0.1, -0.05) is 5.92 Å². The molecule has 4 saturated heterocycles. The number of halogens is 3. The van der Waals surface area contributed by atoms with Crippen LogP contribution in [0.4, 0.5) is 19.0 Å². The van der Waals surface area contributed by atoms with Crippen molar-refractivity contribution >= 4 is 27.5 Å². The maximum absolute atomic E-state index is 16.6. The fourth-order valence-electron chi connectivity index (χ4n) is 7.52. The second-order valence-corrected chi connectivity index (χ2v) is 12.1. The Balaban J connectivity index is 1.26. The van der Waals surface area contributed by atoms with E-state index in [0.717, 1.165) is 32.2 Å². The van der Waals surface area contributed by atoms with Gasteiger partial charge in [-0.05, 0) is 44.4 Å². The zero-order valence-corrected chi connectivity index (χ0v) is 23.4. The molecule has 4 atom stereocenters. The van der Waals surface area contributed by atoms with E-state index in [1.54, 1.807) is 18.5 Å². The van der Waals surface area contributed by atoms with Gasteiger partial charge in [-0.3, -0.25) is 14.9 Å². The smallest absolute Gasteiger partial charge is 0.319 e. The van der Waals surface area contributed by atoms with E-state index in [1.807, 2.05) is 0 Å². The molecule has 11 heteroatoms. The van der Waals surface area contributed by atoms with Crippen molar-refractivity contribution < 1.29 is 22.6 Å². The fourth-order valence-corrected chi connectivity index (χ4v) is 7.52.